The summed E-state index contributed by atoms with van der Waals surface area (Å²) in [6, 6.07) is 4.98. The number of likely N-dealkylation sites (tertiary alicyclic amines) is 1. The number of hydrogen-bond donors (Lipinski definition) is 2. The molecule has 0 aliphatic carbocycles. The number of nitrogens with zero attached hydrogens (tertiary/aromatic N) is 1. The fourth-order valence-electron chi connectivity index (χ4n) is 3.00. The molecule has 1 fully saturated rings. The Morgan fingerprint density at radius 2 is 2.23 bits per heavy atom. The second-order valence-corrected chi connectivity index (χ2v) is 6.64. The van der Waals surface area contributed by atoms with Crippen molar-refractivity contribution in [3.05, 3.63) is 35.1 Å². The van der Waals surface area contributed by atoms with Crippen molar-refractivity contribution in [3.8, 4) is 0 Å². The van der Waals surface area contributed by atoms with Crippen LogP contribution in [0.1, 0.15) is 37.8 Å². The second kappa shape index (κ2) is 6.75. The quantitative estimate of drug-likeness (QED) is 0.874. The average Bonchev–Trinajstić information content (AvgIpc) is 2.88. The smallest absolute Gasteiger partial charge is 0.234 e. The Kier molecular flexibility index (Phi) is 5.19. The second-order valence-electron chi connectivity index (χ2n) is 6.64. The molecule has 0 saturated carbocycles. The van der Waals surface area contributed by atoms with Gasteiger partial charge in [0.2, 0.25) is 5.91 Å². The summed E-state index contributed by atoms with van der Waals surface area (Å²) >= 11 is 0. The SMILES string of the molecule is Cc1ccc(CNC(=O)CN2CCCC2C(C)(C)O)cc1F. The van der Waals surface area contributed by atoms with E-state index in [4.69, 9.17) is 0 Å². The molecule has 4 nitrogen and oxygen atoms in total. The number of rotatable bonds is 5. The largest absolute Gasteiger partial charge is 0.389 e. The van der Waals surface area contributed by atoms with Gasteiger partial charge >= 0.3 is 0 Å². The highest BCUT2D eigenvalue weighted by Crippen LogP contribution is 2.26. The van der Waals surface area contributed by atoms with Gasteiger partial charge in [-0.2, -0.15) is 0 Å². The van der Waals surface area contributed by atoms with E-state index in [1.807, 2.05) is 11.0 Å². The molecular weight excluding hydrogens is 283 g/mol. The van der Waals surface area contributed by atoms with Crippen LogP contribution < -0.4 is 5.32 Å². The van der Waals surface area contributed by atoms with Crippen molar-refractivity contribution in [2.45, 2.75) is 51.8 Å². The topological polar surface area (TPSA) is 52.6 Å². The summed E-state index contributed by atoms with van der Waals surface area (Å²) in [5, 5.41) is 13.0. The van der Waals surface area contributed by atoms with E-state index in [1.54, 1.807) is 26.8 Å². The zero-order valence-corrected chi connectivity index (χ0v) is 13.5. The summed E-state index contributed by atoms with van der Waals surface area (Å²) in [6.07, 6.45) is 1.89. The van der Waals surface area contributed by atoms with Gasteiger partial charge in [0, 0.05) is 12.6 Å². The van der Waals surface area contributed by atoms with Crippen molar-refractivity contribution in [1.29, 1.82) is 0 Å². The first-order valence-electron chi connectivity index (χ1n) is 7.75. The standard InChI is InChI=1S/C17H25FN2O2/c1-12-6-7-13(9-14(12)18)10-19-16(21)11-20-8-4-5-15(20)17(2,3)22/h6-7,9,15,22H,4-5,8,10-11H2,1-3H3,(H,19,21). The fourth-order valence-corrected chi connectivity index (χ4v) is 3.00. The molecule has 0 aromatic heterocycles. The average molecular weight is 308 g/mol. The Balaban J connectivity index is 1.86. The van der Waals surface area contributed by atoms with Gasteiger partial charge in [0.25, 0.3) is 0 Å². The molecule has 122 valence electrons. The third-order valence-electron chi connectivity index (χ3n) is 4.25. The number of benzene rings is 1. The van der Waals surface area contributed by atoms with Gasteiger partial charge in [0.05, 0.1) is 12.1 Å². The van der Waals surface area contributed by atoms with E-state index < -0.39 is 5.60 Å². The van der Waals surface area contributed by atoms with Crippen molar-refractivity contribution in [1.82, 2.24) is 10.2 Å². The Bertz CT molecular complexity index is 540. The van der Waals surface area contributed by atoms with Gasteiger partial charge in [-0.3, -0.25) is 9.69 Å². The summed E-state index contributed by atoms with van der Waals surface area (Å²) in [5.74, 6) is -0.356. The molecule has 22 heavy (non-hydrogen) atoms. The normalized spacial score (nSPS) is 19.4. The van der Waals surface area contributed by atoms with Gasteiger partial charge in [-0.25, -0.2) is 4.39 Å². The minimum atomic E-state index is -0.809. The molecule has 1 saturated heterocycles. The van der Waals surface area contributed by atoms with E-state index in [1.165, 1.54) is 6.07 Å². The van der Waals surface area contributed by atoms with Crippen LogP contribution in [0.5, 0.6) is 0 Å². The fraction of sp³-hybridized carbons (Fsp3) is 0.588. The lowest BCUT2D eigenvalue weighted by Crippen LogP contribution is -2.48. The van der Waals surface area contributed by atoms with E-state index in [2.05, 4.69) is 5.32 Å². The monoisotopic (exact) mass is 308 g/mol. The molecule has 5 heteroatoms. The Labute approximate surface area is 131 Å². The predicted molar refractivity (Wildman–Crippen MR) is 83.9 cm³/mol. The molecule has 1 unspecified atom stereocenters. The van der Waals surface area contributed by atoms with Gasteiger partial charge in [0.1, 0.15) is 5.82 Å². The summed E-state index contributed by atoms with van der Waals surface area (Å²) in [5.41, 5.74) is 0.536. The molecule has 1 heterocycles. The highest BCUT2D eigenvalue weighted by atomic mass is 19.1. The van der Waals surface area contributed by atoms with E-state index >= 15 is 0 Å². The van der Waals surface area contributed by atoms with Gasteiger partial charge in [0.15, 0.2) is 0 Å². The van der Waals surface area contributed by atoms with Crippen LogP contribution in [0.2, 0.25) is 0 Å². The molecule has 1 aromatic carbocycles. The molecule has 1 aliphatic rings. The van der Waals surface area contributed by atoms with Gasteiger partial charge in [-0.1, -0.05) is 12.1 Å². The van der Waals surface area contributed by atoms with Crippen LogP contribution in [0.25, 0.3) is 0 Å². The van der Waals surface area contributed by atoms with Crippen LogP contribution in [0, 0.1) is 12.7 Å². The molecule has 1 aliphatic heterocycles. The first-order chi connectivity index (χ1) is 10.3. The molecule has 1 amide bonds. The van der Waals surface area contributed by atoms with Crippen LogP contribution in [0.3, 0.4) is 0 Å². The molecule has 2 N–H and O–H groups in total. The molecular formula is C17H25FN2O2. The van der Waals surface area contributed by atoms with E-state index in [9.17, 15) is 14.3 Å². The molecule has 2 rings (SSSR count). The summed E-state index contributed by atoms with van der Waals surface area (Å²) in [7, 11) is 0. The zero-order chi connectivity index (χ0) is 16.3. The summed E-state index contributed by atoms with van der Waals surface area (Å²) in [6.45, 7) is 6.68. The molecule has 1 atom stereocenters. The minimum absolute atomic E-state index is 0.00932. The van der Waals surface area contributed by atoms with Gasteiger partial charge in [-0.05, 0) is 57.4 Å². The van der Waals surface area contributed by atoms with Crippen molar-refractivity contribution in [2.75, 3.05) is 13.1 Å². The highest BCUT2D eigenvalue weighted by Gasteiger charge is 2.36. The van der Waals surface area contributed by atoms with E-state index in [-0.39, 0.29) is 24.3 Å². The number of hydrogen-bond acceptors (Lipinski definition) is 3. The van der Waals surface area contributed by atoms with Gasteiger partial charge < -0.3 is 10.4 Å². The number of amides is 1. The molecule has 0 radical (unpaired) electrons. The third kappa shape index (κ3) is 4.27. The lowest BCUT2D eigenvalue weighted by atomic mass is 9.97. The first kappa shape index (κ1) is 16.9. The summed E-state index contributed by atoms with van der Waals surface area (Å²) < 4.78 is 13.5. The van der Waals surface area contributed by atoms with Crippen LogP contribution in [-0.2, 0) is 11.3 Å². The molecule has 0 spiro atoms. The Morgan fingerprint density at radius 3 is 2.86 bits per heavy atom. The van der Waals surface area contributed by atoms with Crippen LogP contribution >= 0.6 is 0 Å². The van der Waals surface area contributed by atoms with Crippen LogP contribution in [0.15, 0.2) is 18.2 Å². The maximum Gasteiger partial charge on any atom is 0.234 e. The van der Waals surface area contributed by atoms with E-state index in [0.717, 1.165) is 24.9 Å². The number of carbonyl (C=O) groups excluding carboxylic acids is 1. The Morgan fingerprint density at radius 1 is 1.50 bits per heavy atom. The van der Waals surface area contributed by atoms with E-state index in [0.29, 0.717) is 12.1 Å². The number of carbonyl (C=O) groups is 1. The maximum atomic E-state index is 13.5. The van der Waals surface area contributed by atoms with Crippen molar-refractivity contribution >= 4 is 5.91 Å². The number of nitrogens with one attached hydrogen (secondary N) is 1. The lowest BCUT2D eigenvalue weighted by Gasteiger charge is -2.33. The summed E-state index contributed by atoms with van der Waals surface area (Å²) in [4.78, 5) is 14.1. The maximum absolute atomic E-state index is 13.5. The minimum Gasteiger partial charge on any atom is -0.389 e. The van der Waals surface area contributed by atoms with Crippen molar-refractivity contribution in [3.63, 3.8) is 0 Å². The van der Waals surface area contributed by atoms with Crippen molar-refractivity contribution in [2.24, 2.45) is 0 Å². The third-order valence-corrected chi connectivity index (χ3v) is 4.25. The highest BCUT2D eigenvalue weighted by molar-refractivity contribution is 5.78. The lowest BCUT2D eigenvalue weighted by molar-refractivity contribution is -0.123. The first-order valence-corrected chi connectivity index (χ1v) is 7.75. The molecule has 0 bridgehead atoms. The van der Waals surface area contributed by atoms with Crippen molar-refractivity contribution < 1.29 is 14.3 Å². The molecule has 1 aromatic rings. The van der Waals surface area contributed by atoms with Crippen LogP contribution in [0.4, 0.5) is 4.39 Å². The zero-order valence-electron chi connectivity index (χ0n) is 13.5. The Hall–Kier alpha value is -1.46. The van der Waals surface area contributed by atoms with Crippen LogP contribution in [-0.4, -0.2) is 40.6 Å². The number of aryl methyl sites for hydroxylation is 1. The predicted octanol–water partition coefficient (Wildman–Crippen LogP) is 1.99. The number of halogens is 1. The van der Waals surface area contributed by atoms with Gasteiger partial charge in [-0.15, -0.1) is 0 Å². The number of aliphatic hydroxyl groups is 1.